The Labute approximate surface area is 111 Å². The number of aromatic nitrogens is 2. The van der Waals surface area contributed by atoms with Crippen LogP contribution in [0.2, 0.25) is 0 Å². The second kappa shape index (κ2) is 5.36. The lowest BCUT2D eigenvalue weighted by Crippen LogP contribution is -2.13. The minimum atomic E-state index is 0.351. The summed E-state index contributed by atoms with van der Waals surface area (Å²) in [5.41, 5.74) is 9.74. The first-order valence-corrected chi connectivity index (χ1v) is 7.15. The number of aryl methyl sites for hydroxylation is 2. The van der Waals surface area contributed by atoms with Crippen LogP contribution in [0.4, 0.5) is 0 Å². The second-order valence-corrected chi connectivity index (χ2v) is 5.41. The third-order valence-electron chi connectivity index (χ3n) is 3.33. The van der Waals surface area contributed by atoms with Gasteiger partial charge in [0, 0.05) is 12.6 Å². The number of rotatable bonds is 3. The van der Waals surface area contributed by atoms with Crippen LogP contribution in [-0.2, 0) is 13.0 Å². The van der Waals surface area contributed by atoms with Crippen molar-refractivity contribution in [3.8, 4) is 0 Å². The molecule has 94 valence electrons. The summed E-state index contributed by atoms with van der Waals surface area (Å²) in [6.45, 7) is 5.17. The van der Waals surface area contributed by atoms with E-state index in [0.717, 1.165) is 42.4 Å². The Bertz CT molecular complexity index is 434. The van der Waals surface area contributed by atoms with Crippen LogP contribution >= 0.6 is 15.9 Å². The molecule has 1 aromatic rings. The molecule has 0 aromatic carbocycles. The van der Waals surface area contributed by atoms with E-state index in [1.807, 2.05) is 0 Å². The van der Waals surface area contributed by atoms with E-state index in [4.69, 9.17) is 5.73 Å². The lowest BCUT2D eigenvalue weighted by molar-refractivity contribution is 0.642. The topological polar surface area (TPSA) is 43.8 Å². The molecule has 1 aromatic heterocycles. The normalized spacial score (nSPS) is 22.6. The monoisotopic (exact) mass is 297 g/mol. The zero-order chi connectivity index (χ0) is 12.4. The highest BCUT2D eigenvalue weighted by Crippen LogP contribution is 2.29. The maximum Gasteiger partial charge on any atom is 0.0770 e. The number of nitrogens with zero attached hydrogens (tertiary/aromatic N) is 2. The Kier molecular flexibility index (Phi) is 4.05. The van der Waals surface area contributed by atoms with Gasteiger partial charge in [0.1, 0.15) is 0 Å². The Morgan fingerprint density at radius 1 is 1.53 bits per heavy atom. The van der Waals surface area contributed by atoms with Crippen molar-refractivity contribution in [2.45, 2.75) is 52.1 Å². The van der Waals surface area contributed by atoms with Crippen LogP contribution in [0, 0.1) is 0 Å². The van der Waals surface area contributed by atoms with Crippen LogP contribution in [0.1, 0.15) is 44.5 Å². The van der Waals surface area contributed by atoms with E-state index in [2.05, 4.69) is 45.6 Å². The molecule has 1 aliphatic rings. The van der Waals surface area contributed by atoms with Gasteiger partial charge in [-0.1, -0.05) is 12.5 Å². The molecule has 0 bridgehead atoms. The van der Waals surface area contributed by atoms with E-state index in [1.54, 1.807) is 0 Å². The maximum absolute atomic E-state index is 5.94. The summed E-state index contributed by atoms with van der Waals surface area (Å²) in [4.78, 5) is 0. The Morgan fingerprint density at radius 3 is 2.82 bits per heavy atom. The third kappa shape index (κ3) is 2.63. The van der Waals surface area contributed by atoms with Gasteiger partial charge in [-0.25, -0.2) is 0 Å². The smallest absolute Gasteiger partial charge is 0.0770 e. The number of hydrogen-bond donors (Lipinski definition) is 1. The van der Waals surface area contributed by atoms with Crippen LogP contribution in [0.5, 0.6) is 0 Å². The lowest BCUT2D eigenvalue weighted by atomic mass is 10.1. The van der Waals surface area contributed by atoms with Crippen molar-refractivity contribution in [3.05, 3.63) is 21.4 Å². The maximum atomic E-state index is 5.94. The number of nitrogens with two attached hydrogens (primary N) is 1. The summed E-state index contributed by atoms with van der Waals surface area (Å²) in [7, 11) is 0. The molecule has 0 amide bonds. The Morgan fingerprint density at radius 2 is 2.29 bits per heavy atom. The molecule has 2 rings (SSSR count). The molecule has 0 saturated heterocycles. The minimum absolute atomic E-state index is 0.351. The summed E-state index contributed by atoms with van der Waals surface area (Å²) < 4.78 is 3.22. The SMILES string of the molecule is CCc1nn(CC)c(C=C2CCC(N)C2)c1Br. The van der Waals surface area contributed by atoms with Gasteiger partial charge in [-0.15, -0.1) is 0 Å². The van der Waals surface area contributed by atoms with Crippen molar-refractivity contribution in [1.82, 2.24) is 9.78 Å². The molecule has 0 aliphatic heterocycles. The van der Waals surface area contributed by atoms with Crippen LogP contribution in [0.3, 0.4) is 0 Å². The van der Waals surface area contributed by atoms with Gasteiger partial charge in [0.25, 0.3) is 0 Å². The van der Waals surface area contributed by atoms with E-state index in [-0.39, 0.29) is 0 Å². The van der Waals surface area contributed by atoms with Gasteiger partial charge < -0.3 is 5.73 Å². The summed E-state index contributed by atoms with van der Waals surface area (Å²) in [6, 6.07) is 0.351. The van der Waals surface area contributed by atoms with Crippen molar-refractivity contribution in [2.24, 2.45) is 5.73 Å². The molecule has 0 spiro atoms. The molecule has 17 heavy (non-hydrogen) atoms. The molecule has 0 radical (unpaired) electrons. The molecule has 3 nitrogen and oxygen atoms in total. The average Bonchev–Trinajstić information content (AvgIpc) is 2.85. The molecule has 2 N–H and O–H groups in total. The minimum Gasteiger partial charge on any atom is -0.327 e. The van der Waals surface area contributed by atoms with Crippen LogP contribution in [-0.4, -0.2) is 15.8 Å². The molecule has 1 saturated carbocycles. The Hall–Kier alpha value is -0.610. The summed E-state index contributed by atoms with van der Waals surface area (Å²) in [5, 5.41) is 4.60. The van der Waals surface area contributed by atoms with Gasteiger partial charge in [-0.3, -0.25) is 4.68 Å². The van der Waals surface area contributed by atoms with Crippen LogP contribution in [0.25, 0.3) is 6.08 Å². The molecular weight excluding hydrogens is 278 g/mol. The van der Waals surface area contributed by atoms with Crippen LogP contribution < -0.4 is 5.73 Å². The quantitative estimate of drug-likeness (QED) is 0.931. The van der Waals surface area contributed by atoms with Crippen molar-refractivity contribution in [1.29, 1.82) is 0 Å². The fourth-order valence-electron chi connectivity index (χ4n) is 2.35. The number of halogens is 1. The van der Waals surface area contributed by atoms with Crippen molar-refractivity contribution >= 4 is 22.0 Å². The molecule has 1 atom stereocenters. The van der Waals surface area contributed by atoms with E-state index >= 15 is 0 Å². The molecular formula is C13H20BrN3. The highest BCUT2D eigenvalue weighted by Gasteiger charge is 2.18. The predicted octanol–water partition coefficient (Wildman–Crippen LogP) is 3.12. The van der Waals surface area contributed by atoms with Gasteiger partial charge in [-0.05, 0) is 54.6 Å². The number of hydrogen-bond acceptors (Lipinski definition) is 2. The zero-order valence-corrected chi connectivity index (χ0v) is 12.1. The largest absolute Gasteiger partial charge is 0.327 e. The highest BCUT2D eigenvalue weighted by atomic mass is 79.9. The summed E-state index contributed by atoms with van der Waals surface area (Å²) in [5.74, 6) is 0. The van der Waals surface area contributed by atoms with E-state index in [0.29, 0.717) is 6.04 Å². The average molecular weight is 298 g/mol. The Balaban J connectivity index is 2.34. The fraction of sp³-hybridized carbons (Fsp3) is 0.615. The van der Waals surface area contributed by atoms with E-state index < -0.39 is 0 Å². The van der Waals surface area contributed by atoms with Crippen molar-refractivity contribution < 1.29 is 0 Å². The first-order chi connectivity index (χ1) is 8.15. The fourth-order valence-corrected chi connectivity index (χ4v) is 3.02. The first-order valence-electron chi connectivity index (χ1n) is 6.35. The lowest BCUT2D eigenvalue weighted by Gasteiger charge is -2.02. The second-order valence-electron chi connectivity index (χ2n) is 4.62. The molecule has 1 unspecified atom stereocenters. The first kappa shape index (κ1) is 12.8. The third-order valence-corrected chi connectivity index (χ3v) is 4.20. The van der Waals surface area contributed by atoms with Crippen molar-refractivity contribution in [2.75, 3.05) is 0 Å². The molecule has 1 heterocycles. The summed E-state index contributed by atoms with van der Waals surface area (Å²) in [6.07, 6.45) is 6.51. The van der Waals surface area contributed by atoms with E-state index in [9.17, 15) is 0 Å². The van der Waals surface area contributed by atoms with Gasteiger partial charge in [0.05, 0.1) is 15.9 Å². The van der Waals surface area contributed by atoms with Gasteiger partial charge in [-0.2, -0.15) is 5.10 Å². The predicted molar refractivity (Wildman–Crippen MR) is 74.8 cm³/mol. The zero-order valence-electron chi connectivity index (χ0n) is 10.5. The highest BCUT2D eigenvalue weighted by molar-refractivity contribution is 9.10. The van der Waals surface area contributed by atoms with Gasteiger partial charge in [0.2, 0.25) is 0 Å². The van der Waals surface area contributed by atoms with Gasteiger partial charge >= 0.3 is 0 Å². The molecule has 4 heteroatoms. The van der Waals surface area contributed by atoms with Gasteiger partial charge in [0.15, 0.2) is 0 Å². The standard InChI is InChI=1S/C13H20BrN3/c1-3-11-13(14)12(17(4-2)16-11)8-9-5-6-10(15)7-9/h8,10H,3-7,15H2,1-2H3. The molecule has 1 aliphatic carbocycles. The molecule has 1 fully saturated rings. The summed E-state index contributed by atoms with van der Waals surface area (Å²) >= 11 is 3.67. The van der Waals surface area contributed by atoms with Crippen molar-refractivity contribution in [3.63, 3.8) is 0 Å². The van der Waals surface area contributed by atoms with E-state index in [1.165, 1.54) is 11.3 Å². The van der Waals surface area contributed by atoms with Crippen LogP contribution in [0.15, 0.2) is 10.0 Å².